The molecule has 0 unspecified atom stereocenters. The van der Waals surface area contributed by atoms with Crippen LogP contribution in [0, 0.1) is 5.92 Å². The molecule has 6 heteroatoms. The first-order valence-electron chi connectivity index (χ1n) is 9.03. The lowest BCUT2D eigenvalue weighted by molar-refractivity contribution is -0.146. The summed E-state index contributed by atoms with van der Waals surface area (Å²) in [4.78, 5) is 19.5. The molecule has 1 aliphatic heterocycles. The predicted molar refractivity (Wildman–Crippen MR) is 97.4 cm³/mol. The van der Waals surface area contributed by atoms with Crippen LogP contribution in [0.1, 0.15) is 37.9 Å². The van der Waals surface area contributed by atoms with Crippen molar-refractivity contribution in [3.8, 4) is 0 Å². The number of nitrogens with zero attached hydrogens (tertiary/aromatic N) is 3. The van der Waals surface area contributed by atoms with E-state index in [2.05, 4.69) is 9.47 Å². The lowest BCUT2D eigenvalue weighted by atomic mass is 9.85. The predicted octanol–water partition coefficient (Wildman–Crippen LogP) is 3.53. The summed E-state index contributed by atoms with van der Waals surface area (Å²) in [6.45, 7) is 0.670. The number of halogens is 1. The fourth-order valence-corrected chi connectivity index (χ4v) is 4.84. The van der Waals surface area contributed by atoms with Crippen LogP contribution in [0.5, 0.6) is 0 Å². The van der Waals surface area contributed by atoms with E-state index in [4.69, 9.17) is 21.3 Å². The van der Waals surface area contributed by atoms with E-state index >= 15 is 0 Å². The Morgan fingerprint density at radius 3 is 2.96 bits per heavy atom. The summed E-state index contributed by atoms with van der Waals surface area (Å²) in [5.41, 5.74) is 1.97. The third kappa shape index (κ3) is 2.93. The molecule has 134 valence electrons. The molecule has 0 amide bonds. The van der Waals surface area contributed by atoms with Crippen molar-refractivity contribution in [2.45, 2.75) is 50.7 Å². The molecule has 25 heavy (non-hydrogen) atoms. The molecule has 1 aromatic heterocycles. The first kappa shape index (κ1) is 16.9. The molecule has 2 aromatic rings. The highest BCUT2D eigenvalue weighted by molar-refractivity contribution is 6.31. The number of carbonyl (C=O) groups is 1. The largest absolute Gasteiger partial charge is 0.468 e. The minimum absolute atomic E-state index is 0.115. The lowest BCUT2D eigenvalue weighted by Gasteiger charge is -2.32. The number of hydrogen-bond donors (Lipinski definition) is 0. The lowest BCUT2D eigenvalue weighted by Crippen LogP contribution is -2.42. The Morgan fingerprint density at radius 2 is 2.16 bits per heavy atom. The van der Waals surface area contributed by atoms with Crippen LogP contribution in [-0.4, -0.2) is 39.6 Å². The van der Waals surface area contributed by atoms with E-state index in [-0.39, 0.29) is 12.0 Å². The van der Waals surface area contributed by atoms with Gasteiger partial charge in [0.2, 0.25) is 0 Å². The quantitative estimate of drug-likeness (QED) is 0.784. The van der Waals surface area contributed by atoms with Crippen LogP contribution < -0.4 is 0 Å². The highest BCUT2D eigenvalue weighted by Crippen LogP contribution is 2.41. The van der Waals surface area contributed by atoms with Gasteiger partial charge in [-0.1, -0.05) is 24.4 Å². The second kappa shape index (κ2) is 6.61. The van der Waals surface area contributed by atoms with Crippen molar-refractivity contribution in [3.05, 3.63) is 29.0 Å². The second-order valence-corrected chi connectivity index (χ2v) is 7.72. The minimum atomic E-state index is -0.151. The summed E-state index contributed by atoms with van der Waals surface area (Å²) in [6.07, 6.45) is 5.80. The number of rotatable bonds is 3. The molecule has 1 saturated heterocycles. The average Bonchev–Trinajstić information content (AvgIpc) is 3.13. The van der Waals surface area contributed by atoms with Gasteiger partial charge in [0.1, 0.15) is 11.9 Å². The Morgan fingerprint density at radius 1 is 1.36 bits per heavy atom. The number of hydrogen-bond acceptors (Lipinski definition) is 4. The van der Waals surface area contributed by atoms with Gasteiger partial charge in [0, 0.05) is 18.1 Å². The Balaban J connectivity index is 1.67. The molecule has 3 atom stereocenters. The van der Waals surface area contributed by atoms with Crippen molar-refractivity contribution in [2.24, 2.45) is 13.0 Å². The van der Waals surface area contributed by atoms with Crippen molar-refractivity contribution in [1.29, 1.82) is 0 Å². The minimum Gasteiger partial charge on any atom is -0.468 e. The Labute approximate surface area is 152 Å². The monoisotopic (exact) mass is 361 g/mol. The summed E-state index contributed by atoms with van der Waals surface area (Å²) in [5, 5.41) is 0.693. The van der Waals surface area contributed by atoms with E-state index in [1.165, 1.54) is 26.4 Å². The van der Waals surface area contributed by atoms with Gasteiger partial charge in [-0.2, -0.15) is 0 Å². The summed E-state index contributed by atoms with van der Waals surface area (Å²) < 4.78 is 7.20. The molecule has 1 aromatic carbocycles. The van der Waals surface area contributed by atoms with E-state index in [1.807, 2.05) is 25.2 Å². The van der Waals surface area contributed by atoms with Gasteiger partial charge in [-0.3, -0.25) is 9.69 Å². The van der Waals surface area contributed by atoms with Gasteiger partial charge in [-0.05, 0) is 43.4 Å². The van der Waals surface area contributed by atoms with Gasteiger partial charge >= 0.3 is 5.97 Å². The number of methoxy groups -OCH3 is 1. The van der Waals surface area contributed by atoms with Crippen LogP contribution in [0.3, 0.4) is 0 Å². The van der Waals surface area contributed by atoms with Crippen LogP contribution in [-0.2, 0) is 23.1 Å². The summed E-state index contributed by atoms with van der Waals surface area (Å²) in [7, 11) is 3.51. The first-order valence-corrected chi connectivity index (χ1v) is 9.40. The van der Waals surface area contributed by atoms with E-state index in [0.29, 0.717) is 23.5 Å². The summed E-state index contributed by atoms with van der Waals surface area (Å²) >= 11 is 6.10. The fraction of sp³-hybridized carbons (Fsp3) is 0.579. The fourth-order valence-electron chi connectivity index (χ4n) is 4.68. The topological polar surface area (TPSA) is 47.4 Å². The van der Waals surface area contributed by atoms with Gasteiger partial charge in [0.25, 0.3) is 0 Å². The zero-order valence-corrected chi connectivity index (χ0v) is 15.5. The van der Waals surface area contributed by atoms with Crippen molar-refractivity contribution in [1.82, 2.24) is 14.5 Å². The molecule has 4 rings (SSSR count). The Bertz CT molecular complexity index is 803. The third-order valence-electron chi connectivity index (χ3n) is 5.95. The number of benzene rings is 1. The molecule has 2 fully saturated rings. The molecule has 2 heterocycles. The van der Waals surface area contributed by atoms with Gasteiger partial charge in [-0.15, -0.1) is 0 Å². The number of carbonyl (C=O) groups excluding carboxylic acids is 1. The maximum atomic E-state index is 12.4. The molecule has 0 N–H and O–H groups in total. The number of aromatic nitrogens is 2. The van der Waals surface area contributed by atoms with Gasteiger partial charge in [-0.25, -0.2) is 4.98 Å². The number of ether oxygens (including phenoxy) is 1. The molecule has 2 aliphatic rings. The average molecular weight is 362 g/mol. The van der Waals surface area contributed by atoms with Crippen LogP contribution in [0.2, 0.25) is 5.02 Å². The van der Waals surface area contributed by atoms with E-state index in [1.54, 1.807) is 0 Å². The van der Waals surface area contributed by atoms with Crippen LogP contribution in [0.25, 0.3) is 11.0 Å². The van der Waals surface area contributed by atoms with Crippen molar-refractivity contribution in [3.63, 3.8) is 0 Å². The van der Waals surface area contributed by atoms with Crippen LogP contribution in [0.4, 0.5) is 0 Å². The molecule has 5 nitrogen and oxygen atoms in total. The number of likely N-dealkylation sites (tertiary alicyclic amines) is 1. The number of aryl methyl sites for hydroxylation is 1. The molecule has 1 saturated carbocycles. The van der Waals surface area contributed by atoms with Gasteiger partial charge in [0.05, 0.1) is 24.7 Å². The van der Waals surface area contributed by atoms with Crippen molar-refractivity contribution < 1.29 is 9.53 Å². The Hall–Kier alpha value is -1.59. The van der Waals surface area contributed by atoms with Gasteiger partial charge < -0.3 is 9.30 Å². The normalized spacial score (nSPS) is 26.8. The maximum Gasteiger partial charge on any atom is 0.323 e. The number of esters is 1. The molecule has 0 radical (unpaired) electrons. The summed E-state index contributed by atoms with van der Waals surface area (Å²) in [5.74, 6) is 1.45. The summed E-state index contributed by atoms with van der Waals surface area (Å²) in [6, 6.07) is 6.09. The first-order chi connectivity index (χ1) is 12.1. The molecule has 1 aliphatic carbocycles. The second-order valence-electron chi connectivity index (χ2n) is 7.28. The van der Waals surface area contributed by atoms with E-state index < -0.39 is 0 Å². The molecule has 0 bridgehead atoms. The third-order valence-corrected chi connectivity index (χ3v) is 6.19. The van der Waals surface area contributed by atoms with E-state index in [0.717, 1.165) is 29.7 Å². The number of imidazole rings is 1. The highest BCUT2D eigenvalue weighted by atomic mass is 35.5. The molecular formula is C19H24ClN3O2. The zero-order chi connectivity index (χ0) is 17.6. The molecule has 0 spiro atoms. The van der Waals surface area contributed by atoms with E-state index in [9.17, 15) is 4.79 Å². The Kier molecular flexibility index (Phi) is 4.46. The van der Waals surface area contributed by atoms with Crippen LogP contribution >= 0.6 is 11.6 Å². The van der Waals surface area contributed by atoms with Crippen molar-refractivity contribution in [2.75, 3.05) is 7.11 Å². The standard InChI is InChI=1S/C19H24ClN3O2/c1-22-16-8-7-13(20)10-14(16)21-18(22)11-23-15-6-4-3-5-12(15)9-17(23)19(24)25-2/h7-8,10,12,15,17H,3-6,9,11H2,1-2H3/t12-,15+,17-/m0/s1. The number of fused-ring (bicyclic) bond motifs is 2. The SMILES string of the molecule is COC(=O)[C@@H]1C[C@@H]2CCCC[C@H]2N1Cc1nc2cc(Cl)ccc2n1C. The van der Waals surface area contributed by atoms with Crippen molar-refractivity contribution >= 4 is 28.6 Å². The van der Waals surface area contributed by atoms with Gasteiger partial charge in [0.15, 0.2) is 0 Å². The molecular weight excluding hydrogens is 338 g/mol. The van der Waals surface area contributed by atoms with Crippen LogP contribution in [0.15, 0.2) is 18.2 Å². The smallest absolute Gasteiger partial charge is 0.323 e. The maximum absolute atomic E-state index is 12.4. The highest BCUT2D eigenvalue weighted by Gasteiger charge is 2.45. The zero-order valence-electron chi connectivity index (χ0n) is 14.7.